The Bertz CT molecular complexity index is 405. The van der Waals surface area contributed by atoms with Gasteiger partial charge in [-0.15, -0.1) is 0 Å². The van der Waals surface area contributed by atoms with Gasteiger partial charge in [0.15, 0.2) is 0 Å². The fourth-order valence-corrected chi connectivity index (χ4v) is 1.98. The smallest absolute Gasteiger partial charge is 0.378 e. The zero-order valence-corrected chi connectivity index (χ0v) is 10.4. The summed E-state index contributed by atoms with van der Waals surface area (Å²) in [7, 11) is 0. The number of aromatic nitrogens is 2. The first-order valence-electron chi connectivity index (χ1n) is 6.31. The van der Waals surface area contributed by atoms with Crippen molar-refractivity contribution in [2.45, 2.75) is 38.0 Å². The molecule has 0 spiro atoms. The predicted octanol–water partition coefficient (Wildman–Crippen LogP) is 2.87. The molecule has 0 amide bonds. The maximum Gasteiger partial charge on any atom is 0.433 e. The van der Waals surface area contributed by atoms with E-state index in [1.165, 1.54) is 0 Å². The van der Waals surface area contributed by atoms with E-state index in [4.69, 9.17) is 4.74 Å². The second kappa shape index (κ2) is 6.18. The molecular formula is C12H16F3N3O. The number of halogens is 3. The van der Waals surface area contributed by atoms with Gasteiger partial charge in [-0.1, -0.05) is 0 Å². The zero-order chi connectivity index (χ0) is 13.7. The Balaban J connectivity index is 1.82. The van der Waals surface area contributed by atoms with Crippen molar-refractivity contribution in [1.29, 1.82) is 0 Å². The van der Waals surface area contributed by atoms with Crippen LogP contribution in [0.1, 0.15) is 31.4 Å². The lowest BCUT2D eigenvalue weighted by Gasteiger charge is -2.22. The number of nitrogens with zero attached hydrogens (tertiary/aromatic N) is 2. The van der Waals surface area contributed by atoms with Crippen molar-refractivity contribution in [2.75, 3.05) is 18.5 Å². The van der Waals surface area contributed by atoms with Crippen molar-refractivity contribution < 1.29 is 17.9 Å². The molecule has 19 heavy (non-hydrogen) atoms. The molecule has 2 heterocycles. The Labute approximate surface area is 109 Å². The molecule has 0 radical (unpaired) electrons. The average Bonchev–Trinajstić information content (AvgIpc) is 2.39. The van der Waals surface area contributed by atoms with Gasteiger partial charge in [0, 0.05) is 19.3 Å². The van der Waals surface area contributed by atoms with E-state index in [0.717, 1.165) is 44.6 Å². The maximum atomic E-state index is 12.4. The summed E-state index contributed by atoms with van der Waals surface area (Å²) >= 11 is 0. The van der Waals surface area contributed by atoms with Crippen molar-refractivity contribution in [3.63, 3.8) is 0 Å². The third kappa shape index (κ3) is 4.34. The van der Waals surface area contributed by atoms with E-state index in [9.17, 15) is 13.2 Å². The van der Waals surface area contributed by atoms with Crippen LogP contribution in [0, 0.1) is 0 Å². The molecular weight excluding hydrogens is 259 g/mol. The van der Waals surface area contributed by atoms with Gasteiger partial charge in [-0.2, -0.15) is 13.2 Å². The summed E-state index contributed by atoms with van der Waals surface area (Å²) in [5.74, 6) is 0.00522. The summed E-state index contributed by atoms with van der Waals surface area (Å²) in [6.07, 6.45) is 0.837. The maximum absolute atomic E-state index is 12.4. The Hall–Kier alpha value is -1.37. The van der Waals surface area contributed by atoms with Crippen LogP contribution < -0.4 is 5.32 Å². The molecule has 1 atom stereocenters. The molecule has 1 aromatic rings. The van der Waals surface area contributed by atoms with Crippen molar-refractivity contribution in [3.05, 3.63) is 18.0 Å². The third-order valence-electron chi connectivity index (χ3n) is 2.97. The SMILES string of the molecule is FC(F)(F)c1ccnc(NCCC2CCCCO2)n1. The van der Waals surface area contributed by atoms with Crippen LogP contribution in [0.15, 0.2) is 12.3 Å². The Kier molecular flexibility index (Phi) is 4.57. The number of rotatable bonds is 4. The lowest BCUT2D eigenvalue weighted by molar-refractivity contribution is -0.141. The van der Waals surface area contributed by atoms with E-state index in [1.807, 2.05) is 0 Å². The van der Waals surface area contributed by atoms with Crippen molar-refractivity contribution in [3.8, 4) is 0 Å². The van der Waals surface area contributed by atoms with Crippen LogP contribution in [-0.2, 0) is 10.9 Å². The fourth-order valence-electron chi connectivity index (χ4n) is 1.98. The molecule has 1 saturated heterocycles. The highest BCUT2D eigenvalue weighted by molar-refractivity contribution is 5.25. The minimum absolute atomic E-state index is 0.00522. The quantitative estimate of drug-likeness (QED) is 0.917. The van der Waals surface area contributed by atoms with Crippen molar-refractivity contribution in [1.82, 2.24) is 9.97 Å². The van der Waals surface area contributed by atoms with E-state index in [0.29, 0.717) is 6.54 Å². The van der Waals surface area contributed by atoms with Gasteiger partial charge in [0.1, 0.15) is 5.69 Å². The van der Waals surface area contributed by atoms with Crippen molar-refractivity contribution in [2.24, 2.45) is 0 Å². The molecule has 2 rings (SSSR count). The molecule has 0 saturated carbocycles. The second-order valence-electron chi connectivity index (χ2n) is 4.47. The fraction of sp³-hybridized carbons (Fsp3) is 0.667. The van der Waals surface area contributed by atoms with Crippen LogP contribution in [-0.4, -0.2) is 29.2 Å². The number of ether oxygens (including phenoxy) is 1. The monoisotopic (exact) mass is 275 g/mol. The Morgan fingerprint density at radius 3 is 2.89 bits per heavy atom. The van der Waals surface area contributed by atoms with Crippen LogP contribution in [0.2, 0.25) is 0 Å². The number of hydrogen-bond acceptors (Lipinski definition) is 4. The standard InChI is InChI=1S/C12H16F3N3O/c13-12(14,15)10-5-7-17-11(18-10)16-6-4-9-3-1-2-8-19-9/h5,7,9H,1-4,6,8H2,(H,16,17,18). The van der Waals surface area contributed by atoms with Gasteiger partial charge in [0.25, 0.3) is 0 Å². The van der Waals surface area contributed by atoms with E-state index in [-0.39, 0.29) is 12.1 Å². The zero-order valence-electron chi connectivity index (χ0n) is 10.4. The number of nitrogens with one attached hydrogen (secondary N) is 1. The van der Waals surface area contributed by atoms with Crippen molar-refractivity contribution >= 4 is 5.95 Å². The molecule has 4 nitrogen and oxygen atoms in total. The van der Waals surface area contributed by atoms with Gasteiger partial charge in [0.05, 0.1) is 6.10 Å². The summed E-state index contributed by atoms with van der Waals surface area (Å²) in [6, 6.07) is 0.857. The molecule has 1 unspecified atom stereocenters. The van der Waals surface area contributed by atoms with Gasteiger partial charge >= 0.3 is 6.18 Å². The molecule has 1 aliphatic rings. The molecule has 0 bridgehead atoms. The van der Waals surface area contributed by atoms with Crippen LogP contribution in [0.4, 0.5) is 19.1 Å². The molecule has 1 aromatic heterocycles. The first-order valence-corrected chi connectivity index (χ1v) is 6.31. The van der Waals surface area contributed by atoms with Crippen LogP contribution in [0.25, 0.3) is 0 Å². The second-order valence-corrected chi connectivity index (χ2v) is 4.47. The lowest BCUT2D eigenvalue weighted by Crippen LogP contribution is -2.22. The number of anilines is 1. The number of hydrogen-bond donors (Lipinski definition) is 1. The topological polar surface area (TPSA) is 47.0 Å². The van der Waals surface area contributed by atoms with Gasteiger partial charge in [-0.05, 0) is 31.7 Å². The summed E-state index contributed by atoms with van der Waals surface area (Å²) in [5.41, 5.74) is -0.932. The summed E-state index contributed by atoms with van der Waals surface area (Å²) in [5, 5.41) is 2.80. The minimum atomic E-state index is -4.44. The highest BCUT2D eigenvalue weighted by atomic mass is 19.4. The molecule has 7 heteroatoms. The summed E-state index contributed by atoms with van der Waals surface area (Å²) < 4.78 is 42.9. The van der Waals surface area contributed by atoms with Gasteiger partial charge in [0.2, 0.25) is 5.95 Å². The largest absolute Gasteiger partial charge is 0.433 e. The first-order chi connectivity index (χ1) is 9.05. The molecule has 1 aliphatic heterocycles. The average molecular weight is 275 g/mol. The minimum Gasteiger partial charge on any atom is -0.378 e. The Morgan fingerprint density at radius 1 is 1.37 bits per heavy atom. The molecule has 0 aromatic carbocycles. The highest BCUT2D eigenvalue weighted by Crippen LogP contribution is 2.27. The van der Waals surface area contributed by atoms with Crippen LogP contribution in [0.3, 0.4) is 0 Å². The van der Waals surface area contributed by atoms with E-state index in [2.05, 4.69) is 15.3 Å². The van der Waals surface area contributed by atoms with Crippen LogP contribution in [0.5, 0.6) is 0 Å². The van der Waals surface area contributed by atoms with E-state index < -0.39 is 11.9 Å². The summed E-state index contributed by atoms with van der Waals surface area (Å²) in [4.78, 5) is 7.21. The first kappa shape index (κ1) is 14.0. The number of alkyl halides is 3. The van der Waals surface area contributed by atoms with Gasteiger partial charge < -0.3 is 10.1 Å². The van der Waals surface area contributed by atoms with Gasteiger partial charge in [-0.3, -0.25) is 0 Å². The molecule has 0 aliphatic carbocycles. The Morgan fingerprint density at radius 2 is 2.21 bits per heavy atom. The predicted molar refractivity (Wildman–Crippen MR) is 63.7 cm³/mol. The van der Waals surface area contributed by atoms with E-state index >= 15 is 0 Å². The lowest BCUT2D eigenvalue weighted by atomic mass is 10.1. The molecule has 1 N–H and O–H groups in total. The summed E-state index contributed by atoms with van der Waals surface area (Å²) in [6.45, 7) is 1.27. The third-order valence-corrected chi connectivity index (χ3v) is 2.97. The molecule has 1 fully saturated rings. The van der Waals surface area contributed by atoms with Gasteiger partial charge in [-0.25, -0.2) is 9.97 Å². The normalized spacial score (nSPS) is 20.3. The van der Waals surface area contributed by atoms with Crippen LogP contribution >= 0.6 is 0 Å². The highest BCUT2D eigenvalue weighted by Gasteiger charge is 2.32. The van der Waals surface area contributed by atoms with E-state index in [1.54, 1.807) is 0 Å². The molecule has 106 valence electrons.